The van der Waals surface area contributed by atoms with Crippen molar-refractivity contribution in [3.63, 3.8) is 0 Å². The number of nitrogens with zero attached hydrogens (tertiary/aromatic N) is 2. The number of hydrogen-bond acceptors (Lipinski definition) is 6. The molecule has 1 amide bonds. The smallest absolute Gasteiger partial charge is 0.293 e. The lowest BCUT2D eigenvalue weighted by atomic mass is 10.1. The van der Waals surface area contributed by atoms with Gasteiger partial charge < -0.3 is 20.3 Å². The molecule has 0 aromatic carbocycles. The summed E-state index contributed by atoms with van der Waals surface area (Å²) < 4.78 is 5.07. The normalized spacial score (nSPS) is 20.1. The minimum Gasteiger partial charge on any atom is -0.394 e. The molecule has 7 nitrogen and oxygen atoms in total. The summed E-state index contributed by atoms with van der Waals surface area (Å²) in [6.45, 7) is 4.19. The third-order valence-corrected chi connectivity index (χ3v) is 2.85. The lowest BCUT2D eigenvalue weighted by Crippen LogP contribution is -2.46. The SMILES string of the molecule is CC(C)(CO)NC(=O)c1noc(C2CCCN2)n1. The van der Waals surface area contributed by atoms with Crippen LogP contribution in [0.25, 0.3) is 0 Å². The van der Waals surface area contributed by atoms with Crippen molar-refractivity contribution < 1.29 is 14.4 Å². The van der Waals surface area contributed by atoms with E-state index in [-0.39, 0.29) is 18.5 Å². The van der Waals surface area contributed by atoms with Crippen molar-refractivity contribution in [2.75, 3.05) is 13.2 Å². The first-order valence-electron chi connectivity index (χ1n) is 6.02. The van der Waals surface area contributed by atoms with Gasteiger partial charge in [-0.1, -0.05) is 5.16 Å². The highest BCUT2D eigenvalue weighted by Crippen LogP contribution is 2.21. The van der Waals surface area contributed by atoms with Gasteiger partial charge in [-0.25, -0.2) is 0 Å². The number of aromatic nitrogens is 2. The van der Waals surface area contributed by atoms with Gasteiger partial charge in [0.1, 0.15) is 0 Å². The van der Waals surface area contributed by atoms with Crippen molar-refractivity contribution in [3.8, 4) is 0 Å². The van der Waals surface area contributed by atoms with Gasteiger partial charge in [-0.2, -0.15) is 4.98 Å². The van der Waals surface area contributed by atoms with Crippen LogP contribution in [0.15, 0.2) is 4.52 Å². The van der Waals surface area contributed by atoms with Crippen molar-refractivity contribution in [2.45, 2.75) is 38.3 Å². The van der Waals surface area contributed by atoms with Gasteiger partial charge in [0.05, 0.1) is 18.2 Å². The second-order valence-electron chi connectivity index (χ2n) is 5.10. The fourth-order valence-corrected chi connectivity index (χ4v) is 1.77. The summed E-state index contributed by atoms with van der Waals surface area (Å²) in [4.78, 5) is 15.9. The monoisotopic (exact) mass is 254 g/mol. The number of carbonyl (C=O) groups is 1. The van der Waals surface area contributed by atoms with Crippen LogP contribution in [0, 0.1) is 0 Å². The van der Waals surface area contributed by atoms with Crippen LogP contribution in [0.1, 0.15) is 49.2 Å². The second kappa shape index (κ2) is 5.03. The van der Waals surface area contributed by atoms with Gasteiger partial charge in [-0.15, -0.1) is 0 Å². The molecule has 100 valence electrons. The zero-order chi connectivity index (χ0) is 13.2. The number of hydrogen-bond donors (Lipinski definition) is 3. The summed E-state index contributed by atoms with van der Waals surface area (Å²) in [6.07, 6.45) is 2.00. The first-order valence-corrected chi connectivity index (χ1v) is 6.02. The van der Waals surface area contributed by atoms with Gasteiger partial charge in [-0.3, -0.25) is 4.79 Å². The molecule has 2 heterocycles. The minimum absolute atomic E-state index is 0.000208. The van der Waals surface area contributed by atoms with E-state index >= 15 is 0 Å². The van der Waals surface area contributed by atoms with Crippen molar-refractivity contribution in [1.29, 1.82) is 0 Å². The van der Waals surface area contributed by atoms with E-state index < -0.39 is 11.4 Å². The Labute approximate surface area is 105 Å². The summed E-state index contributed by atoms with van der Waals surface area (Å²) in [5.74, 6) is 0.00160. The van der Waals surface area contributed by atoms with Crippen molar-refractivity contribution in [3.05, 3.63) is 11.7 Å². The highest BCUT2D eigenvalue weighted by molar-refractivity contribution is 5.90. The Morgan fingerprint density at radius 3 is 3.06 bits per heavy atom. The standard InChI is InChI=1S/C11H18N4O3/c1-11(2,6-16)14-9(17)8-13-10(18-15-8)7-4-3-5-12-7/h7,12,16H,3-6H2,1-2H3,(H,14,17). The molecule has 1 atom stereocenters. The van der Waals surface area contributed by atoms with Crippen LogP contribution in [0.2, 0.25) is 0 Å². The molecule has 1 aromatic rings. The Bertz CT molecular complexity index is 424. The number of rotatable bonds is 4. The molecule has 0 spiro atoms. The first-order chi connectivity index (χ1) is 8.52. The quantitative estimate of drug-likeness (QED) is 0.699. The molecule has 7 heteroatoms. The second-order valence-corrected chi connectivity index (χ2v) is 5.10. The maximum atomic E-state index is 11.8. The van der Waals surface area contributed by atoms with Crippen LogP contribution < -0.4 is 10.6 Å². The average Bonchev–Trinajstić information content (AvgIpc) is 2.99. The molecule has 1 aromatic heterocycles. The van der Waals surface area contributed by atoms with E-state index in [2.05, 4.69) is 20.8 Å². The van der Waals surface area contributed by atoms with Gasteiger partial charge in [0.25, 0.3) is 11.7 Å². The van der Waals surface area contributed by atoms with E-state index in [1.807, 2.05) is 0 Å². The van der Waals surface area contributed by atoms with Gasteiger partial charge in [0.15, 0.2) is 0 Å². The number of nitrogens with one attached hydrogen (secondary N) is 2. The predicted molar refractivity (Wildman–Crippen MR) is 62.9 cm³/mol. The van der Waals surface area contributed by atoms with E-state index in [0.29, 0.717) is 5.89 Å². The van der Waals surface area contributed by atoms with Crippen molar-refractivity contribution in [2.24, 2.45) is 0 Å². The fourth-order valence-electron chi connectivity index (χ4n) is 1.77. The summed E-state index contributed by atoms with van der Waals surface area (Å²) >= 11 is 0. The molecule has 1 aliphatic heterocycles. The molecule has 1 aliphatic rings. The molecule has 18 heavy (non-hydrogen) atoms. The molecule has 0 bridgehead atoms. The van der Waals surface area contributed by atoms with Crippen molar-refractivity contribution >= 4 is 5.91 Å². The van der Waals surface area contributed by atoms with Gasteiger partial charge in [-0.05, 0) is 33.2 Å². The Morgan fingerprint density at radius 1 is 1.67 bits per heavy atom. The number of carbonyl (C=O) groups excluding carboxylic acids is 1. The van der Waals surface area contributed by atoms with Crippen LogP contribution in [0.4, 0.5) is 0 Å². The Balaban J connectivity index is 2.03. The van der Waals surface area contributed by atoms with Crippen LogP contribution in [-0.4, -0.2) is 39.8 Å². The summed E-state index contributed by atoms with van der Waals surface area (Å²) in [5, 5.41) is 18.6. The topological polar surface area (TPSA) is 100 Å². The van der Waals surface area contributed by atoms with Gasteiger partial charge in [0.2, 0.25) is 5.89 Å². The van der Waals surface area contributed by atoms with E-state index in [1.165, 1.54) is 0 Å². The van der Waals surface area contributed by atoms with Crippen molar-refractivity contribution in [1.82, 2.24) is 20.8 Å². The molecule has 1 unspecified atom stereocenters. The molecule has 3 N–H and O–H groups in total. The third-order valence-electron chi connectivity index (χ3n) is 2.85. The lowest BCUT2D eigenvalue weighted by Gasteiger charge is -2.22. The highest BCUT2D eigenvalue weighted by Gasteiger charge is 2.26. The summed E-state index contributed by atoms with van der Waals surface area (Å²) in [7, 11) is 0. The highest BCUT2D eigenvalue weighted by atomic mass is 16.5. The lowest BCUT2D eigenvalue weighted by molar-refractivity contribution is 0.0855. The van der Waals surface area contributed by atoms with E-state index in [1.54, 1.807) is 13.8 Å². The Hall–Kier alpha value is -1.47. The zero-order valence-electron chi connectivity index (χ0n) is 10.6. The van der Waals surface area contributed by atoms with Crippen LogP contribution in [0.3, 0.4) is 0 Å². The maximum absolute atomic E-state index is 11.8. The third kappa shape index (κ3) is 2.85. The molecule has 0 saturated carbocycles. The molecule has 0 radical (unpaired) electrons. The molecular formula is C11H18N4O3. The predicted octanol–water partition coefficient (Wildman–Crippen LogP) is -0.00520. The summed E-state index contributed by atoms with van der Waals surface area (Å²) in [6, 6.07) is 0.0462. The Kier molecular flexibility index (Phi) is 3.63. The van der Waals surface area contributed by atoms with Gasteiger partial charge >= 0.3 is 0 Å². The van der Waals surface area contributed by atoms with E-state index in [4.69, 9.17) is 9.63 Å². The molecule has 1 saturated heterocycles. The molecule has 1 fully saturated rings. The minimum atomic E-state index is -0.705. The Morgan fingerprint density at radius 2 is 2.44 bits per heavy atom. The number of amides is 1. The van der Waals surface area contributed by atoms with E-state index in [9.17, 15) is 4.79 Å². The molecule has 0 aliphatic carbocycles. The summed E-state index contributed by atoms with van der Waals surface area (Å²) in [5.41, 5.74) is -0.705. The van der Waals surface area contributed by atoms with E-state index in [0.717, 1.165) is 19.4 Å². The fraction of sp³-hybridized carbons (Fsp3) is 0.727. The van der Waals surface area contributed by atoms with Crippen LogP contribution >= 0.6 is 0 Å². The maximum Gasteiger partial charge on any atom is 0.293 e. The number of aliphatic hydroxyl groups excluding tert-OH is 1. The van der Waals surface area contributed by atoms with Gasteiger partial charge in [0, 0.05) is 0 Å². The zero-order valence-corrected chi connectivity index (χ0v) is 10.6. The number of aliphatic hydroxyl groups is 1. The first kappa shape index (κ1) is 13.0. The van der Waals surface area contributed by atoms with Crippen LogP contribution in [0.5, 0.6) is 0 Å². The van der Waals surface area contributed by atoms with Crippen LogP contribution in [-0.2, 0) is 0 Å². The molecular weight excluding hydrogens is 236 g/mol. The molecule has 2 rings (SSSR count). The average molecular weight is 254 g/mol. The largest absolute Gasteiger partial charge is 0.394 e.